The van der Waals surface area contributed by atoms with E-state index in [1.54, 1.807) is 0 Å². The van der Waals surface area contributed by atoms with Crippen molar-refractivity contribution in [1.82, 2.24) is 0 Å². The van der Waals surface area contributed by atoms with Crippen molar-refractivity contribution in [3.8, 4) is 11.1 Å². The fourth-order valence-electron chi connectivity index (χ4n) is 4.26. The van der Waals surface area contributed by atoms with E-state index in [0.29, 0.717) is 12.5 Å². The Labute approximate surface area is 197 Å². The van der Waals surface area contributed by atoms with Crippen LogP contribution < -0.4 is 15.9 Å². The summed E-state index contributed by atoms with van der Waals surface area (Å²) in [6.07, 6.45) is 0. The molecule has 5 rings (SSSR count). The van der Waals surface area contributed by atoms with Crippen molar-refractivity contribution in [2.45, 2.75) is 19.9 Å². The topological polar surface area (TPSA) is 21.6 Å². The fraction of sp³-hybridized carbons (Fsp3) is 0.167. The average molecular weight is 450 g/mol. The van der Waals surface area contributed by atoms with Gasteiger partial charge in [-0.3, -0.25) is 0 Å². The molecule has 0 N–H and O–H groups in total. The zero-order chi connectivity index (χ0) is 22.6. The predicted molar refractivity (Wildman–Crippen MR) is 142 cm³/mol. The van der Waals surface area contributed by atoms with Crippen molar-refractivity contribution >= 4 is 29.7 Å². The summed E-state index contributed by atoms with van der Waals surface area (Å²) in [5.41, 5.74) is 3.49. The minimum atomic E-state index is -0.715. The molecule has 3 heteroatoms. The first-order valence-electron chi connectivity index (χ1n) is 11.5. The van der Waals surface area contributed by atoms with Crippen molar-refractivity contribution in [2.75, 3.05) is 6.61 Å². The van der Waals surface area contributed by atoms with Crippen LogP contribution in [0.15, 0.2) is 114 Å². The van der Waals surface area contributed by atoms with Crippen LogP contribution in [0.1, 0.15) is 19.4 Å². The zero-order valence-corrected chi connectivity index (χ0v) is 20.0. The third-order valence-corrected chi connectivity index (χ3v) is 8.57. The monoisotopic (exact) mass is 449 g/mol. The van der Waals surface area contributed by atoms with Crippen molar-refractivity contribution in [3.63, 3.8) is 0 Å². The van der Waals surface area contributed by atoms with E-state index < -0.39 is 7.92 Å². The molecule has 0 fully saturated rings. The predicted octanol–water partition coefficient (Wildman–Crippen LogP) is 5.91. The Bertz CT molecular complexity index is 1210. The van der Waals surface area contributed by atoms with Crippen LogP contribution >= 0.6 is 7.92 Å². The maximum atomic E-state index is 6.10. The van der Waals surface area contributed by atoms with Gasteiger partial charge in [0, 0.05) is 5.56 Å². The number of hydrogen-bond donors (Lipinski definition) is 0. The van der Waals surface area contributed by atoms with Crippen molar-refractivity contribution in [2.24, 2.45) is 10.9 Å². The van der Waals surface area contributed by atoms with Crippen molar-refractivity contribution in [3.05, 3.63) is 115 Å². The molecule has 164 valence electrons. The lowest BCUT2D eigenvalue weighted by Gasteiger charge is -2.23. The Hall–Kier alpha value is -3.22. The second kappa shape index (κ2) is 9.73. The Morgan fingerprint density at radius 3 is 1.76 bits per heavy atom. The van der Waals surface area contributed by atoms with Gasteiger partial charge in [0.15, 0.2) is 0 Å². The van der Waals surface area contributed by atoms with Gasteiger partial charge in [-0.15, -0.1) is 0 Å². The van der Waals surface area contributed by atoms with Crippen LogP contribution in [-0.4, -0.2) is 18.5 Å². The third-order valence-electron chi connectivity index (χ3n) is 6.06. The second-order valence-electron chi connectivity index (χ2n) is 8.63. The van der Waals surface area contributed by atoms with E-state index in [0.717, 1.165) is 11.5 Å². The van der Waals surface area contributed by atoms with Gasteiger partial charge in [0.2, 0.25) is 5.90 Å². The molecule has 0 aromatic heterocycles. The van der Waals surface area contributed by atoms with Crippen LogP contribution in [0.2, 0.25) is 0 Å². The Kier molecular flexibility index (Phi) is 6.37. The average Bonchev–Trinajstić information content (AvgIpc) is 3.37. The summed E-state index contributed by atoms with van der Waals surface area (Å²) in [6, 6.07) is 39.3. The largest absolute Gasteiger partial charge is 0.475 e. The Morgan fingerprint density at radius 2 is 1.18 bits per heavy atom. The van der Waals surface area contributed by atoms with E-state index in [2.05, 4.69) is 123 Å². The van der Waals surface area contributed by atoms with E-state index >= 15 is 0 Å². The number of ether oxygens (including phenoxy) is 1. The zero-order valence-electron chi connectivity index (χ0n) is 19.1. The molecule has 1 unspecified atom stereocenters. The second-order valence-corrected chi connectivity index (χ2v) is 10.8. The third kappa shape index (κ3) is 4.49. The standard InChI is InChI=1S/C30H28NOP/c1-22(2)28-21-32-30(31-28)27-19-10-9-17-25(27)26-18-11-12-20-29(26)33(23-13-5-3-6-14-23)24-15-7-4-8-16-24/h3-20,22,28H,21H2,1-2H3. The smallest absolute Gasteiger partial charge is 0.217 e. The summed E-state index contributed by atoms with van der Waals surface area (Å²) < 4.78 is 6.10. The number of benzene rings is 4. The highest BCUT2D eigenvalue weighted by Gasteiger charge is 2.26. The molecule has 1 atom stereocenters. The molecule has 4 aromatic rings. The fourth-order valence-corrected chi connectivity index (χ4v) is 6.73. The minimum absolute atomic E-state index is 0.217. The van der Waals surface area contributed by atoms with Gasteiger partial charge in [0.25, 0.3) is 0 Å². The number of aliphatic imine (C=N–C) groups is 1. The number of rotatable bonds is 6. The summed E-state index contributed by atoms with van der Waals surface area (Å²) in [5.74, 6) is 1.23. The molecule has 0 amide bonds. The molecule has 2 nitrogen and oxygen atoms in total. The van der Waals surface area contributed by atoms with E-state index in [1.807, 2.05) is 0 Å². The maximum absolute atomic E-state index is 6.10. The van der Waals surface area contributed by atoms with Gasteiger partial charge in [0.05, 0.1) is 6.04 Å². The van der Waals surface area contributed by atoms with Crippen LogP contribution in [0.5, 0.6) is 0 Å². The summed E-state index contributed by atoms with van der Waals surface area (Å²) in [7, 11) is -0.715. The molecule has 0 aliphatic carbocycles. The van der Waals surface area contributed by atoms with E-state index in [4.69, 9.17) is 9.73 Å². The van der Waals surface area contributed by atoms with Crippen molar-refractivity contribution in [1.29, 1.82) is 0 Å². The van der Waals surface area contributed by atoms with Gasteiger partial charge < -0.3 is 4.74 Å². The first-order chi connectivity index (χ1) is 16.2. The number of nitrogens with zero attached hydrogens (tertiary/aromatic N) is 1. The van der Waals surface area contributed by atoms with Crippen LogP contribution in [0, 0.1) is 5.92 Å². The molecule has 0 saturated carbocycles. The van der Waals surface area contributed by atoms with Gasteiger partial charge in [0.1, 0.15) is 6.61 Å². The highest BCUT2D eigenvalue weighted by molar-refractivity contribution is 7.80. The maximum Gasteiger partial charge on any atom is 0.217 e. The lowest BCUT2D eigenvalue weighted by atomic mass is 9.99. The van der Waals surface area contributed by atoms with Crippen LogP contribution in [-0.2, 0) is 4.74 Å². The Balaban J connectivity index is 1.67. The van der Waals surface area contributed by atoms with E-state index in [9.17, 15) is 0 Å². The highest BCUT2D eigenvalue weighted by Crippen LogP contribution is 2.38. The van der Waals surface area contributed by atoms with Gasteiger partial charge in [-0.05, 0) is 46.9 Å². The quantitative estimate of drug-likeness (QED) is 0.335. The molecule has 0 spiro atoms. The normalized spacial score (nSPS) is 15.5. The van der Waals surface area contributed by atoms with Crippen LogP contribution in [0.3, 0.4) is 0 Å². The van der Waals surface area contributed by atoms with E-state index in [1.165, 1.54) is 27.0 Å². The summed E-state index contributed by atoms with van der Waals surface area (Å²) in [5, 5.41) is 4.03. The summed E-state index contributed by atoms with van der Waals surface area (Å²) in [4.78, 5) is 4.93. The molecule has 4 aromatic carbocycles. The molecular formula is C30H28NOP. The molecule has 0 bridgehead atoms. The van der Waals surface area contributed by atoms with Crippen LogP contribution in [0.4, 0.5) is 0 Å². The molecule has 1 heterocycles. The Morgan fingerprint density at radius 1 is 0.667 bits per heavy atom. The minimum Gasteiger partial charge on any atom is -0.475 e. The highest BCUT2D eigenvalue weighted by atomic mass is 31.1. The van der Waals surface area contributed by atoms with Gasteiger partial charge in [-0.25, -0.2) is 4.99 Å². The number of hydrogen-bond acceptors (Lipinski definition) is 2. The van der Waals surface area contributed by atoms with Crippen molar-refractivity contribution < 1.29 is 4.74 Å². The molecule has 0 radical (unpaired) electrons. The van der Waals surface area contributed by atoms with Crippen LogP contribution in [0.25, 0.3) is 11.1 Å². The molecular weight excluding hydrogens is 421 g/mol. The summed E-state index contributed by atoms with van der Waals surface area (Å²) in [6.45, 7) is 5.06. The summed E-state index contributed by atoms with van der Waals surface area (Å²) >= 11 is 0. The molecule has 1 aliphatic rings. The van der Waals surface area contributed by atoms with Gasteiger partial charge >= 0.3 is 0 Å². The molecule has 33 heavy (non-hydrogen) atoms. The lowest BCUT2D eigenvalue weighted by Crippen LogP contribution is -2.22. The first-order valence-corrected chi connectivity index (χ1v) is 12.9. The molecule has 0 saturated heterocycles. The van der Waals surface area contributed by atoms with Gasteiger partial charge in [-0.1, -0.05) is 117 Å². The lowest BCUT2D eigenvalue weighted by molar-refractivity contribution is 0.292. The molecule has 1 aliphatic heterocycles. The SMILES string of the molecule is CC(C)C1COC(c2ccccc2-c2ccccc2P(c2ccccc2)c2ccccc2)=N1. The van der Waals surface area contributed by atoms with E-state index in [-0.39, 0.29) is 6.04 Å². The van der Waals surface area contributed by atoms with Gasteiger partial charge in [-0.2, -0.15) is 0 Å². The first kappa shape index (κ1) is 21.6.